The maximum absolute atomic E-state index is 13.3. The van der Waals surface area contributed by atoms with E-state index >= 15 is 0 Å². The molecule has 0 bridgehead atoms. The summed E-state index contributed by atoms with van der Waals surface area (Å²) >= 11 is 0. The number of aryl methyl sites for hydroxylation is 2. The Bertz CT molecular complexity index is 596. The Morgan fingerprint density at radius 2 is 1.90 bits per heavy atom. The normalized spacial score (nSPS) is 10.4. The molecule has 0 spiro atoms. The highest BCUT2D eigenvalue weighted by atomic mass is 19.1. The molecule has 0 aliphatic carbocycles. The smallest absolute Gasteiger partial charge is 0.142 e. The average Bonchev–Trinajstić information content (AvgIpc) is 2.42. The Balaban J connectivity index is 2.16. The standard InChI is InChI=1S/C17H20FNO/c1-4-20-17-9-12(2)5-8-16(17)19-11-14-10-15(18)7-6-13(14)3/h5-10,19H,4,11H2,1-3H3. The van der Waals surface area contributed by atoms with E-state index in [2.05, 4.69) is 5.32 Å². The number of hydrogen-bond acceptors (Lipinski definition) is 2. The summed E-state index contributed by atoms with van der Waals surface area (Å²) in [5.74, 6) is 0.628. The van der Waals surface area contributed by atoms with Crippen LogP contribution < -0.4 is 10.1 Å². The molecular formula is C17H20FNO. The van der Waals surface area contributed by atoms with E-state index in [0.717, 1.165) is 28.1 Å². The number of hydrogen-bond donors (Lipinski definition) is 1. The van der Waals surface area contributed by atoms with Crippen LogP contribution in [0.5, 0.6) is 5.75 Å². The highest BCUT2D eigenvalue weighted by molar-refractivity contribution is 5.58. The zero-order valence-electron chi connectivity index (χ0n) is 12.2. The van der Waals surface area contributed by atoms with Crippen molar-refractivity contribution in [3.8, 4) is 5.75 Å². The third-order valence-corrected chi connectivity index (χ3v) is 3.22. The first-order chi connectivity index (χ1) is 9.60. The molecule has 0 saturated heterocycles. The molecule has 0 atom stereocenters. The molecule has 2 nitrogen and oxygen atoms in total. The molecule has 0 fully saturated rings. The molecule has 0 radical (unpaired) electrons. The van der Waals surface area contributed by atoms with Crippen molar-refractivity contribution in [3.63, 3.8) is 0 Å². The van der Waals surface area contributed by atoms with Gasteiger partial charge in [0, 0.05) is 6.54 Å². The van der Waals surface area contributed by atoms with Crippen molar-refractivity contribution in [2.24, 2.45) is 0 Å². The molecule has 0 saturated carbocycles. The Hall–Kier alpha value is -2.03. The maximum atomic E-state index is 13.3. The molecule has 0 unspecified atom stereocenters. The lowest BCUT2D eigenvalue weighted by atomic mass is 10.1. The molecule has 0 aromatic heterocycles. The van der Waals surface area contributed by atoms with Crippen LogP contribution in [0.15, 0.2) is 36.4 Å². The fourth-order valence-corrected chi connectivity index (χ4v) is 2.07. The Kier molecular flexibility index (Phi) is 4.61. The first kappa shape index (κ1) is 14.4. The minimum Gasteiger partial charge on any atom is -0.492 e. The zero-order chi connectivity index (χ0) is 14.5. The van der Waals surface area contributed by atoms with E-state index in [0.29, 0.717) is 13.2 Å². The van der Waals surface area contributed by atoms with Crippen LogP contribution >= 0.6 is 0 Å². The van der Waals surface area contributed by atoms with Gasteiger partial charge in [0.25, 0.3) is 0 Å². The molecular weight excluding hydrogens is 253 g/mol. The van der Waals surface area contributed by atoms with E-state index in [4.69, 9.17) is 4.74 Å². The third kappa shape index (κ3) is 3.50. The van der Waals surface area contributed by atoms with Crippen molar-refractivity contribution >= 4 is 5.69 Å². The SMILES string of the molecule is CCOc1cc(C)ccc1NCc1cc(F)ccc1C. The zero-order valence-corrected chi connectivity index (χ0v) is 12.2. The highest BCUT2D eigenvalue weighted by Crippen LogP contribution is 2.26. The summed E-state index contributed by atoms with van der Waals surface area (Å²) in [4.78, 5) is 0. The molecule has 106 valence electrons. The fraction of sp³-hybridized carbons (Fsp3) is 0.294. The summed E-state index contributed by atoms with van der Waals surface area (Å²) in [7, 11) is 0. The van der Waals surface area contributed by atoms with E-state index < -0.39 is 0 Å². The minimum absolute atomic E-state index is 0.207. The van der Waals surface area contributed by atoms with E-state index in [1.54, 1.807) is 12.1 Å². The second-order valence-corrected chi connectivity index (χ2v) is 4.86. The van der Waals surface area contributed by atoms with Gasteiger partial charge in [-0.25, -0.2) is 4.39 Å². The molecule has 0 heterocycles. The van der Waals surface area contributed by atoms with Gasteiger partial charge in [-0.3, -0.25) is 0 Å². The van der Waals surface area contributed by atoms with Crippen LogP contribution in [0.25, 0.3) is 0 Å². The molecule has 1 N–H and O–H groups in total. The Morgan fingerprint density at radius 1 is 1.10 bits per heavy atom. The third-order valence-electron chi connectivity index (χ3n) is 3.22. The van der Waals surface area contributed by atoms with E-state index in [1.807, 2.05) is 39.0 Å². The quantitative estimate of drug-likeness (QED) is 0.868. The molecule has 0 amide bonds. The summed E-state index contributed by atoms with van der Waals surface area (Å²) in [6.45, 7) is 7.17. The maximum Gasteiger partial charge on any atom is 0.142 e. The number of benzene rings is 2. The van der Waals surface area contributed by atoms with Crippen LogP contribution in [0.1, 0.15) is 23.6 Å². The second-order valence-electron chi connectivity index (χ2n) is 4.86. The van der Waals surface area contributed by atoms with Crippen LogP contribution in [0.3, 0.4) is 0 Å². The minimum atomic E-state index is -0.207. The van der Waals surface area contributed by atoms with Gasteiger partial charge in [0.05, 0.1) is 12.3 Å². The number of nitrogens with one attached hydrogen (secondary N) is 1. The number of ether oxygens (including phenoxy) is 1. The van der Waals surface area contributed by atoms with Crippen molar-refractivity contribution in [2.45, 2.75) is 27.3 Å². The Morgan fingerprint density at radius 3 is 2.65 bits per heavy atom. The van der Waals surface area contributed by atoms with E-state index in [-0.39, 0.29) is 5.82 Å². The van der Waals surface area contributed by atoms with Gasteiger partial charge in [0.15, 0.2) is 0 Å². The Labute approximate surface area is 119 Å². The van der Waals surface area contributed by atoms with Gasteiger partial charge in [-0.1, -0.05) is 12.1 Å². The van der Waals surface area contributed by atoms with Crippen LogP contribution in [0.2, 0.25) is 0 Å². The van der Waals surface area contributed by atoms with Crippen molar-refractivity contribution in [3.05, 3.63) is 58.9 Å². The van der Waals surface area contributed by atoms with Crippen LogP contribution in [-0.4, -0.2) is 6.61 Å². The molecule has 2 rings (SSSR count). The summed E-state index contributed by atoms with van der Waals surface area (Å²) in [5.41, 5.74) is 4.11. The monoisotopic (exact) mass is 273 g/mol. The van der Waals surface area contributed by atoms with E-state index in [1.165, 1.54) is 6.07 Å². The number of rotatable bonds is 5. The topological polar surface area (TPSA) is 21.3 Å². The summed E-state index contributed by atoms with van der Waals surface area (Å²) in [6.07, 6.45) is 0. The van der Waals surface area contributed by atoms with Gasteiger partial charge in [0.2, 0.25) is 0 Å². The molecule has 0 aliphatic rings. The van der Waals surface area contributed by atoms with Gasteiger partial charge < -0.3 is 10.1 Å². The fourth-order valence-electron chi connectivity index (χ4n) is 2.07. The van der Waals surface area contributed by atoms with Gasteiger partial charge in [0.1, 0.15) is 11.6 Å². The van der Waals surface area contributed by atoms with Crippen LogP contribution in [0.4, 0.5) is 10.1 Å². The molecule has 0 aliphatic heterocycles. The van der Waals surface area contributed by atoms with Gasteiger partial charge in [-0.15, -0.1) is 0 Å². The lowest BCUT2D eigenvalue weighted by molar-refractivity contribution is 0.341. The average molecular weight is 273 g/mol. The van der Waals surface area contributed by atoms with Gasteiger partial charge in [-0.05, 0) is 61.7 Å². The molecule has 2 aromatic rings. The van der Waals surface area contributed by atoms with Gasteiger partial charge in [-0.2, -0.15) is 0 Å². The van der Waals surface area contributed by atoms with Crippen molar-refractivity contribution in [2.75, 3.05) is 11.9 Å². The number of anilines is 1. The molecule has 20 heavy (non-hydrogen) atoms. The highest BCUT2D eigenvalue weighted by Gasteiger charge is 2.05. The lowest BCUT2D eigenvalue weighted by Gasteiger charge is -2.14. The summed E-state index contributed by atoms with van der Waals surface area (Å²) < 4.78 is 18.9. The van der Waals surface area contributed by atoms with Gasteiger partial charge >= 0.3 is 0 Å². The van der Waals surface area contributed by atoms with Crippen molar-refractivity contribution < 1.29 is 9.13 Å². The first-order valence-electron chi connectivity index (χ1n) is 6.82. The number of halogens is 1. The largest absolute Gasteiger partial charge is 0.492 e. The van der Waals surface area contributed by atoms with Crippen molar-refractivity contribution in [1.29, 1.82) is 0 Å². The first-order valence-corrected chi connectivity index (χ1v) is 6.82. The van der Waals surface area contributed by atoms with Crippen molar-refractivity contribution in [1.82, 2.24) is 0 Å². The predicted molar refractivity (Wildman–Crippen MR) is 80.8 cm³/mol. The van der Waals surface area contributed by atoms with Crippen LogP contribution in [-0.2, 0) is 6.54 Å². The summed E-state index contributed by atoms with van der Waals surface area (Å²) in [6, 6.07) is 10.9. The lowest BCUT2D eigenvalue weighted by Crippen LogP contribution is -2.04. The van der Waals surface area contributed by atoms with E-state index in [9.17, 15) is 4.39 Å². The molecule has 2 aromatic carbocycles. The summed E-state index contributed by atoms with van der Waals surface area (Å²) in [5, 5.41) is 3.32. The van der Waals surface area contributed by atoms with Crippen LogP contribution in [0, 0.1) is 19.7 Å². The second kappa shape index (κ2) is 6.42. The predicted octanol–water partition coefficient (Wildman–Crippen LogP) is 4.45. The molecule has 3 heteroatoms.